The fourth-order valence-electron chi connectivity index (χ4n) is 3.09. The molecule has 0 bridgehead atoms. The quantitative estimate of drug-likeness (QED) is 0.833. The molecule has 0 saturated carbocycles. The van der Waals surface area contributed by atoms with Crippen LogP contribution >= 0.6 is 11.6 Å². The highest BCUT2D eigenvalue weighted by Crippen LogP contribution is 2.26. The average molecular weight is 411 g/mol. The van der Waals surface area contributed by atoms with Gasteiger partial charge in [0, 0.05) is 23.8 Å². The molecule has 144 valence electrons. The van der Waals surface area contributed by atoms with Crippen LogP contribution in [0, 0.1) is 18.7 Å². The van der Waals surface area contributed by atoms with Crippen molar-refractivity contribution in [3.05, 3.63) is 58.9 Å². The van der Waals surface area contributed by atoms with E-state index in [4.69, 9.17) is 11.6 Å². The Morgan fingerprint density at radius 3 is 2.63 bits per heavy atom. The molecule has 2 aromatic rings. The van der Waals surface area contributed by atoms with Crippen molar-refractivity contribution in [1.29, 1.82) is 0 Å². The van der Waals surface area contributed by atoms with Crippen molar-refractivity contribution in [2.45, 2.75) is 24.7 Å². The summed E-state index contributed by atoms with van der Waals surface area (Å²) in [6.07, 6.45) is 1.15. The van der Waals surface area contributed by atoms with Crippen LogP contribution in [0.5, 0.6) is 0 Å². The number of amides is 1. The van der Waals surface area contributed by atoms with E-state index in [2.05, 4.69) is 5.32 Å². The van der Waals surface area contributed by atoms with E-state index in [1.807, 2.05) is 0 Å². The summed E-state index contributed by atoms with van der Waals surface area (Å²) in [5, 5.41) is 3.18. The monoisotopic (exact) mass is 410 g/mol. The van der Waals surface area contributed by atoms with Crippen molar-refractivity contribution in [2.75, 3.05) is 18.4 Å². The molecule has 0 aromatic heterocycles. The minimum atomic E-state index is -3.70. The number of sulfonamides is 1. The van der Waals surface area contributed by atoms with Gasteiger partial charge in [0.25, 0.3) is 0 Å². The first-order valence-electron chi connectivity index (χ1n) is 8.60. The molecule has 2 aromatic carbocycles. The number of rotatable bonds is 4. The molecule has 0 unspecified atom stereocenters. The molecule has 1 N–H and O–H groups in total. The smallest absolute Gasteiger partial charge is 0.243 e. The van der Waals surface area contributed by atoms with Gasteiger partial charge in [0.2, 0.25) is 15.9 Å². The molecule has 1 aliphatic rings. The van der Waals surface area contributed by atoms with Crippen molar-refractivity contribution in [1.82, 2.24) is 4.31 Å². The van der Waals surface area contributed by atoms with Crippen LogP contribution in [-0.2, 0) is 14.8 Å². The summed E-state index contributed by atoms with van der Waals surface area (Å²) in [4.78, 5) is 12.8. The van der Waals surface area contributed by atoms with Crippen molar-refractivity contribution in [3.8, 4) is 0 Å². The Labute approximate surface area is 163 Å². The number of halogens is 2. The molecule has 1 heterocycles. The fraction of sp³-hybridized carbons (Fsp3) is 0.316. The topological polar surface area (TPSA) is 66.5 Å². The van der Waals surface area contributed by atoms with Crippen molar-refractivity contribution in [3.63, 3.8) is 0 Å². The minimum Gasteiger partial charge on any atom is -0.325 e. The van der Waals surface area contributed by atoms with Crippen molar-refractivity contribution in [2.24, 2.45) is 5.92 Å². The predicted octanol–water partition coefficient (Wildman–Crippen LogP) is 3.83. The Kier molecular flexibility index (Phi) is 5.83. The molecule has 1 saturated heterocycles. The van der Waals surface area contributed by atoms with Crippen LogP contribution in [0.15, 0.2) is 47.4 Å². The van der Waals surface area contributed by atoms with E-state index in [0.29, 0.717) is 30.1 Å². The van der Waals surface area contributed by atoms with E-state index in [9.17, 15) is 17.6 Å². The second kappa shape index (κ2) is 7.96. The Bertz CT molecular complexity index is 948. The lowest BCUT2D eigenvalue weighted by atomic mass is 9.98. The van der Waals surface area contributed by atoms with Gasteiger partial charge in [0.05, 0.1) is 10.8 Å². The van der Waals surface area contributed by atoms with Crippen molar-refractivity contribution >= 4 is 33.2 Å². The maximum atomic E-state index is 13.4. The summed E-state index contributed by atoms with van der Waals surface area (Å²) in [5.41, 5.74) is 1.14. The minimum absolute atomic E-state index is 0.0884. The number of piperidine rings is 1. The van der Waals surface area contributed by atoms with Gasteiger partial charge in [0.15, 0.2) is 0 Å². The second-order valence-electron chi connectivity index (χ2n) is 6.60. The summed E-state index contributed by atoms with van der Waals surface area (Å²) in [7, 11) is -3.70. The molecule has 0 spiro atoms. The van der Waals surface area contributed by atoms with E-state index in [1.165, 1.54) is 40.7 Å². The van der Waals surface area contributed by atoms with Gasteiger partial charge in [-0.15, -0.1) is 0 Å². The third-order valence-corrected chi connectivity index (χ3v) is 6.80. The van der Waals surface area contributed by atoms with E-state index < -0.39 is 21.8 Å². The number of carbonyl (C=O) groups is 1. The van der Waals surface area contributed by atoms with Gasteiger partial charge < -0.3 is 5.32 Å². The van der Waals surface area contributed by atoms with Gasteiger partial charge in [-0.3, -0.25) is 4.79 Å². The molecule has 0 radical (unpaired) electrons. The van der Waals surface area contributed by atoms with Gasteiger partial charge in [-0.25, -0.2) is 12.8 Å². The van der Waals surface area contributed by atoms with Crippen LogP contribution in [0.4, 0.5) is 10.1 Å². The van der Waals surface area contributed by atoms with Gasteiger partial charge in [-0.05, 0) is 61.7 Å². The van der Waals surface area contributed by atoms with Gasteiger partial charge in [-0.1, -0.05) is 17.7 Å². The van der Waals surface area contributed by atoms with Crippen LogP contribution in [0.25, 0.3) is 0 Å². The molecular weight excluding hydrogens is 391 g/mol. The molecule has 1 fully saturated rings. The first-order valence-corrected chi connectivity index (χ1v) is 10.4. The van der Waals surface area contributed by atoms with Crippen LogP contribution in [0.2, 0.25) is 5.02 Å². The summed E-state index contributed by atoms with van der Waals surface area (Å²) < 4.78 is 40.4. The highest BCUT2D eigenvalue weighted by molar-refractivity contribution is 7.89. The Balaban J connectivity index is 1.74. The number of aryl methyl sites for hydroxylation is 1. The lowest BCUT2D eigenvalue weighted by Gasteiger charge is -2.31. The highest BCUT2D eigenvalue weighted by Gasteiger charge is 2.33. The second-order valence-corrected chi connectivity index (χ2v) is 8.98. The number of benzene rings is 2. The number of hydrogen-bond acceptors (Lipinski definition) is 3. The summed E-state index contributed by atoms with van der Waals surface area (Å²) in [6.45, 7) is 2.21. The summed E-state index contributed by atoms with van der Waals surface area (Å²) in [6, 6.07) is 10.1. The maximum absolute atomic E-state index is 13.4. The summed E-state index contributed by atoms with van der Waals surface area (Å²) >= 11 is 5.83. The molecule has 3 rings (SSSR count). The van der Waals surface area contributed by atoms with Crippen LogP contribution in [-0.4, -0.2) is 31.7 Å². The molecule has 5 nitrogen and oxygen atoms in total. The molecular formula is C19H20ClFN2O3S. The van der Waals surface area contributed by atoms with E-state index in [0.717, 1.165) is 5.56 Å². The third kappa shape index (κ3) is 4.48. The Hall–Kier alpha value is -1.96. The summed E-state index contributed by atoms with van der Waals surface area (Å²) in [5.74, 6) is -1.24. The molecule has 1 aliphatic heterocycles. The highest BCUT2D eigenvalue weighted by atomic mass is 35.5. The fourth-order valence-corrected chi connectivity index (χ4v) is 4.74. The maximum Gasteiger partial charge on any atom is 0.243 e. The Morgan fingerprint density at radius 1 is 1.22 bits per heavy atom. The van der Waals surface area contributed by atoms with Crippen LogP contribution in [0.3, 0.4) is 0 Å². The zero-order chi connectivity index (χ0) is 19.6. The molecule has 27 heavy (non-hydrogen) atoms. The van der Waals surface area contributed by atoms with Crippen LogP contribution < -0.4 is 5.32 Å². The number of nitrogens with zero attached hydrogens (tertiary/aromatic N) is 1. The Morgan fingerprint density at radius 2 is 1.93 bits per heavy atom. The van der Waals surface area contributed by atoms with E-state index in [-0.39, 0.29) is 17.3 Å². The van der Waals surface area contributed by atoms with Crippen molar-refractivity contribution < 1.29 is 17.6 Å². The molecule has 1 amide bonds. The van der Waals surface area contributed by atoms with Gasteiger partial charge in [-0.2, -0.15) is 4.31 Å². The number of nitrogens with one attached hydrogen (secondary N) is 1. The zero-order valence-corrected chi connectivity index (χ0v) is 16.4. The first kappa shape index (κ1) is 19.8. The average Bonchev–Trinajstić information content (AvgIpc) is 2.65. The standard InChI is InChI=1S/C19H20ClFN2O3S/c1-13-4-7-16(21)11-18(13)22-19(24)14-3-2-10-23(12-14)27(25,26)17-8-5-15(20)6-9-17/h4-9,11,14H,2-3,10,12H2,1H3,(H,22,24)/t14-/m1/s1. The van der Waals surface area contributed by atoms with Crippen LogP contribution in [0.1, 0.15) is 18.4 Å². The lowest BCUT2D eigenvalue weighted by Crippen LogP contribution is -2.43. The van der Waals surface area contributed by atoms with E-state index >= 15 is 0 Å². The lowest BCUT2D eigenvalue weighted by molar-refractivity contribution is -0.120. The molecule has 1 atom stereocenters. The molecule has 8 heteroatoms. The third-order valence-electron chi connectivity index (χ3n) is 4.66. The number of carbonyl (C=O) groups excluding carboxylic acids is 1. The molecule has 0 aliphatic carbocycles. The largest absolute Gasteiger partial charge is 0.325 e. The number of anilines is 1. The van der Waals surface area contributed by atoms with Gasteiger partial charge in [0.1, 0.15) is 5.82 Å². The van der Waals surface area contributed by atoms with E-state index in [1.54, 1.807) is 13.0 Å². The normalized spacial score (nSPS) is 18.3. The SMILES string of the molecule is Cc1ccc(F)cc1NC(=O)[C@@H]1CCCN(S(=O)(=O)c2ccc(Cl)cc2)C1. The predicted molar refractivity (Wildman–Crippen MR) is 103 cm³/mol. The number of hydrogen-bond donors (Lipinski definition) is 1. The zero-order valence-electron chi connectivity index (χ0n) is 14.8. The van der Waals surface area contributed by atoms with Gasteiger partial charge >= 0.3 is 0 Å². The first-order chi connectivity index (χ1) is 12.8.